The Hall–Kier alpha value is -1.39. The fourth-order valence-electron chi connectivity index (χ4n) is 3.78. The van der Waals surface area contributed by atoms with Crippen molar-refractivity contribution < 1.29 is 4.79 Å². The van der Waals surface area contributed by atoms with Crippen LogP contribution in [0.1, 0.15) is 50.1 Å². The monoisotopic (exact) mass is 301 g/mol. The topological polar surface area (TPSA) is 58.4 Å². The third-order valence-electron chi connectivity index (χ3n) is 5.17. The van der Waals surface area contributed by atoms with Gasteiger partial charge in [0.1, 0.15) is 0 Å². The highest BCUT2D eigenvalue weighted by Gasteiger charge is 2.37. The van der Waals surface area contributed by atoms with Crippen LogP contribution < -0.4 is 11.1 Å². The Morgan fingerprint density at radius 3 is 2.41 bits per heavy atom. The highest BCUT2D eigenvalue weighted by atomic mass is 16.2. The van der Waals surface area contributed by atoms with E-state index in [2.05, 4.69) is 34.5 Å². The molecule has 1 atom stereocenters. The number of carbonyl (C=O) groups is 1. The standard InChI is InChI=1S/C18H27N3O/c19-18(10-4-5-11-18)17(22)20-14-16(21-12-6-7-13-21)15-8-2-1-3-9-15/h1-3,8-9,16H,4-7,10-14,19H2,(H,20,22). The average molecular weight is 301 g/mol. The molecule has 0 radical (unpaired) electrons. The van der Waals surface area contributed by atoms with Crippen molar-refractivity contribution in [3.8, 4) is 0 Å². The highest BCUT2D eigenvalue weighted by Crippen LogP contribution is 2.28. The van der Waals surface area contributed by atoms with Crippen molar-refractivity contribution in [2.75, 3.05) is 19.6 Å². The van der Waals surface area contributed by atoms with E-state index in [0.29, 0.717) is 6.54 Å². The molecule has 3 N–H and O–H groups in total. The van der Waals surface area contributed by atoms with Gasteiger partial charge in [0.15, 0.2) is 0 Å². The van der Waals surface area contributed by atoms with Crippen LogP contribution >= 0.6 is 0 Å². The van der Waals surface area contributed by atoms with Crippen LogP contribution in [0.2, 0.25) is 0 Å². The van der Waals surface area contributed by atoms with E-state index in [4.69, 9.17) is 5.73 Å². The summed E-state index contributed by atoms with van der Waals surface area (Å²) in [4.78, 5) is 14.9. The van der Waals surface area contributed by atoms with Crippen molar-refractivity contribution in [2.45, 2.75) is 50.1 Å². The molecule has 1 saturated heterocycles. The predicted molar refractivity (Wildman–Crippen MR) is 88.4 cm³/mol. The molecule has 22 heavy (non-hydrogen) atoms. The number of nitrogens with zero attached hydrogens (tertiary/aromatic N) is 1. The molecule has 0 bridgehead atoms. The first-order chi connectivity index (χ1) is 10.7. The number of rotatable bonds is 5. The summed E-state index contributed by atoms with van der Waals surface area (Å²) in [6, 6.07) is 10.8. The SMILES string of the molecule is NC1(C(=O)NCC(c2ccccc2)N2CCCC2)CCCC1. The van der Waals surface area contributed by atoms with E-state index in [1.165, 1.54) is 18.4 Å². The molecule has 1 aliphatic carbocycles. The van der Waals surface area contributed by atoms with Gasteiger partial charge in [0.05, 0.1) is 11.6 Å². The van der Waals surface area contributed by atoms with Crippen LogP contribution in [-0.4, -0.2) is 36.0 Å². The number of nitrogens with two attached hydrogens (primary N) is 1. The Bertz CT molecular complexity index is 490. The van der Waals surface area contributed by atoms with Gasteiger partial charge in [0, 0.05) is 6.54 Å². The predicted octanol–water partition coefficient (Wildman–Crippen LogP) is 2.21. The zero-order valence-electron chi connectivity index (χ0n) is 13.3. The molecular formula is C18H27N3O. The molecule has 2 fully saturated rings. The Morgan fingerprint density at radius 2 is 1.77 bits per heavy atom. The lowest BCUT2D eigenvalue weighted by molar-refractivity contribution is -0.126. The first kappa shape index (κ1) is 15.5. The molecule has 1 heterocycles. The van der Waals surface area contributed by atoms with Crippen LogP contribution in [0.5, 0.6) is 0 Å². The van der Waals surface area contributed by atoms with Crippen molar-refractivity contribution in [1.82, 2.24) is 10.2 Å². The van der Waals surface area contributed by atoms with Gasteiger partial charge in [-0.05, 0) is 44.3 Å². The molecule has 1 unspecified atom stereocenters. The third-order valence-corrected chi connectivity index (χ3v) is 5.17. The summed E-state index contributed by atoms with van der Waals surface area (Å²) in [6.45, 7) is 2.88. The zero-order chi connectivity index (χ0) is 15.4. The molecule has 4 nitrogen and oxygen atoms in total. The Balaban J connectivity index is 1.66. The van der Waals surface area contributed by atoms with Crippen LogP contribution in [0, 0.1) is 0 Å². The zero-order valence-corrected chi connectivity index (χ0v) is 13.3. The van der Waals surface area contributed by atoms with E-state index in [9.17, 15) is 4.79 Å². The van der Waals surface area contributed by atoms with Crippen molar-refractivity contribution in [3.63, 3.8) is 0 Å². The van der Waals surface area contributed by atoms with Gasteiger partial charge in [0.25, 0.3) is 0 Å². The fraction of sp³-hybridized carbons (Fsp3) is 0.611. The second-order valence-electron chi connectivity index (χ2n) is 6.74. The molecule has 1 aromatic rings. The summed E-state index contributed by atoms with van der Waals surface area (Å²) in [7, 11) is 0. The first-order valence-electron chi connectivity index (χ1n) is 8.55. The summed E-state index contributed by atoms with van der Waals surface area (Å²) >= 11 is 0. The van der Waals surface area contributed by atoms with Gasteiger partial charge in [0.2, 0.25) is 5.91 Å². The minimum atomic E-state index is -0.633. The Morgan fingerprint density at radius 1 is 1.14 bits per heavy atom. The number of carbonyl (C=O) groups excluding carboxylic acids is 1. The Labute approximate surface area is 133 Å². The maximum absolute atomic E-state index is 12.5. The smallest absolute Gasteiger partial charge is 0.240 e. The molecule has 0 spiro atoms. The highest BCUT2D eigenvalue weighted by molar-refractivity contribution is 5.86. The number of hydrogen-bond acceptors (Lipinski definition) is 3. The van der Waals surface area contributed by atoms with E-state index in [1.54, 1.807) is 0 Å². The van der Waals surface area contributed by atoms with Crippen LogP contribution in [0.15, 0.2) is 30.3 Å². The molecule has 2 aliphatic rings. The van der Waals surface area contributed by atoms with Gasteiger partial charge in [-0.3, -0.25) is 9.69 Å². The normalized spacial score (nSPS) is 22.6. The summed E-state index contributed by atoms with van der Waals surface area (Å²) in [5.41, 5.74) is 6.90. The molecule has 1 amide bonds. The number of likely N-dealkylation sites (tertiary alicyclic amines) is 1. The van der Waals surface area contributed by atoms with E-state index in [0.717, 1.165) is 38.8 Å². The van der Waals surface area contributed by atoms with E-state index in [1.807, 2.05) is 6.07 Å². The van der Waals surface area contributed by atoms with Gasteiger partial charge >= 0.3 is 0 Å². The van der Waals surface area contributed by atoms with Crippen molar-refractivity contribution in [2.24, 2.45) is 5.73 Å². The molecule has 1 aliphatic heterocycles. The number of benzene rings is 1. The van der Waals surface area contributed by atoms with Crippen LogP contribution in [-0.2, 0) is 4.79 Å². The van der Waals surface area contributed by atoms with Crippen molar-refractivity contribution >= 4 is 5.91 Å². The van der Waals surface area contributed by atoms with Crippen molar-refractivity contribution in [1.29, 1.82) is 0 Å². The maximum atomic E-state index is 12.5. The second kappa shape index (κ2) is 6.80. The minimum Gasteiger partial charge on any atom is -0.353 e. The Kier molecular flexibility index (Phi) is 4.79. The van der Waals surface area contributed by atoms with Gasteiger partial charge in [-0.25, -0.2) is 0 Å². The van der Waals surface area contributed by atoms with Crippen LogP contribution in [0.4, 0.5) is 0 Å². The summed E-state index contributed by atoms with van der Waals surface area (Å²) < 4.78 is 0. The van der Waals surface area contributed by atoms with Crippen LogP contribution in [0.25, 0.3) is 0 Å². The molecule has 3 rings (SSSR count). The van der Waals surface area contributed by atoms with Gasteiger partial charge in [-0.2, -0.15) is 0 Å². The molecule has 120 valence electrons. The lowest BCUT2D eigenvalue weighted by atomic mass is 9.97. The minimum absolute atomic E-state index is 0.0325. The number of hydrogen-bond donors (Lipinski definition) is 2. The molecular weight excluding hydrogens is 274 g/mol. The van der Waals surface area contributed by atoms with E-state index in [-0.39, 0.29) is 11.9 Å². The maximum Gasteiger partial charge on any atom is 0.240 e. The largest absolute Gasteiger partial charge is 0.353 e. The van der Waals surface area contributed by atoms with E-state index >= 15 is 0 Å². The quantitative estimate of drug-likeness (QED) is 0.876. The molecule has 1 aromatic carbocycles. The molecule has 0 aromatic heterocycles. The second-order valence-corrected chi connectivity index (χ2v) is 6.74. The molecule has 4 heteroatoms. The average Bonchev–Trinajstić information content (AvgIpc) is 3.21. The van der Waals surface area contributed by atoms with Gasteiger partial charge in [-0.1, -0.05) is 43.2 Å². The summed E-state index contributed by atoms with van der Waals surface area (Å²) in [5, 5.41) is 3.13. The summed E-state index contributed by atoms with van der Waals surface area (Å²) in [5.74, 6) is 0.0325. The summed E-state index contributed by atoms with van der Waals surface area (Å²) in [6.07, 6.45) is 6.27. The number of nitrogens with one attached hydrogen (secondary N) is 1. The van der Waals surface area contributed by atoms with Gasteiger partial charge in [-0.15, -0.1) is 0 Å². The third kappa shape index (κ3) is 3.33. The lowest BCUT2D eigenvalue weighted by Crippen LogP contribution is -2.53. The van der Waals surface area contributed by atoms with Crippen molar-refractivity contribution in [3.05, 3.63) is 35.9 Å². The number of amides is 1. The van der Waals surface area contributed by atoms with Crippen LogP contribution in [0.3, 0.4) is 0 Å². The lowest BCUT2D eigenvalue weighted by Gasteiger charge is -2.30. The van der Waals surface area contributed by atoms with Gasteiger partial charge < -0.3 is 11.1 Å². The molecule has 1 saturated carbocycles. The first-order valence-corrected chi connectivity index (χ1v) is 8.55. The fourth-order valence-corrected chi connectivity index (χ4v) is 3.78. The van der Waals surface area contributed by atoms with E-state index < -0.39 is 5.54 Å².